The predicted octanol–water partition coefficient (Wildman–Crippen LogP) is 0.327. The molecule has 4 heteroatoms. The quantitative estimate of drug-likeness (QED) is 0.698. The summed E-state index contributed by atoms with van der Waals surface area (Å²) in [7, 11) is 4.24. The van der Waals surface area contributed by atoms with E-state index >= 15 is 0 Å². The van der Waals surface area contributed by atoms with E-state index in [0.29, 0.717) is 0 Å². The summed E-state index contributed by atoms with van der Waals surface area (Å²) >= 11 is 0. The first-order valence-corrected chi connectivity index (χ1v) is 6.89. The molecule has 0 bridgehead atoms. The summed E-state index contributed by atoms with van der Waals surface area (Å²) in [5.74, 6) is 0. The lowest BCUT2D eigenvalue weighted by molar-refractivity contribution is 0.0665. The van der Waals surface area contributed by atoms with Crippen molar-refractivity contribution in [2.75, 3.05) is 59.9 Å². The van der Waals surface area contributed by atoms with Crippen molar-refractivity contribution < 1.29 is 5.11 Å². The van der Waals surface area contributed by atoms with Crippen LogP contribution >= 0.6 is 0 Å². The Labute approximate surface area is 106 Å². The Bertz CT molecular complexity index is 191. The van der Waals surface area contributed by atoms with Crippen LogP contribution in [0.15, 0.2) is 0 Å². The van der Waals surface area contributed by atoms with Crippen LogP contribution in [0.25, 0.3) is 0 Å². The Morgan fingerprint density at radius 2 is 1.71 bits per heavy atom. The maximum absolute atomic E-state index is 9.78. The van der Waals surface area contributed by atoms with Gasteiger partial charge in [-0.2, -0.15) is 0 Å². The zero-order valence-corrected chi connectivity index (χ0v) is 11.7. The van der Waals surface area contributed by atoms with Crippen molar-refractivity contribution in [2.45, 2.75) is 25.9 Å². The largest absolute Gasteiger partial charge is 0.392 e. The lowest BCUT2D eigenvalue weighted by Gasteiger charge is -2.36. The minimum Gasteiger partial charge on any atom is -0.392 e. The number of piperazine rings is 1. The van der Waals surface area contributed by atoms with Crippen molar-refractivity contribution in [3.05, 3.63) is 0 Å². The number of aliphatic hydroxyl groups is 1. The molecule has 102 valence electrons. The highest BCUT2D eigenvalue weighted by molar-refractivity contribution is 4.74. The molecular formula is C13H29N3O. The molecule has 0 saturated carbocycles. The molecule has 1 heterocycles. The van der Waals surface area contributed by atoms with Crippen molar-refractivity contribution >= 4 is 0 Å². The van der Waals surface area contributed by atoms with Gasteiger partial charge in [-0.05, 0) is 20.5 Å². The van der Waals surface area contributed by atoms with Crippen LogP contribution in [0.4, 0.5) is 0 Å². The summed E-state index contributed by atoms with van der Waals surface area (Å²) in [6.07, 6.45) is 1.87. The molecule has 1 fully saturated rings. The van der Waals surface area contributed by atoms with Gasteiger partial charge in [0.25, 0.3) is 0 Å². The predicted molar refractivity (Wildman–Crippen MR) is 72.3 cm³/mol. The number of aliphatic hydroxyl groups excluding tert-OH is 1. The SMILES string of the molecule is CCCC(O)CN1CCN(CCN(C)C)CC1. The van der Waals surface area contributed by atoms with E-state index in [-0.39, 0.29) is 6.10 Å². The van der Waals surface area contributed by atoms with Gasteiger partial charge in [0.1, 0.15) is 0 Å². The molecule has 1 rings (SSSR count). The number of hydrogen-bond donors (Lipinski definition) is 1. The monoisotopic (exact) mass is 243 g/mol. The third-order valence-corrected chi connectivity index (χ3v) is 3.42. The normalized spacial score (nSPS) is 21.0. The Balaban J connectivity index is 2.12. The van der Waals surface area contributed by atoms with Crippen molar-refractivity contribution in [3.8, 4) is 0 Å². The van der Waals surface area contributed by atoms with Crippen LogP contribution in [-0.2, 0) is 0 Å². The summed E-state index contributed by atoms with van der Waals surface area (Å²) in [5, 5.41) is 9.78. The maximum Gasteiger partial charge on any atom is 0.0667 e. The number of likely N-dealkylation sites (N-methyl/N-ethyl adjacent to an activating group) is 1. The van der Waals surface area contributed by atoms with Crippen LogP contribution in [-0.4, -0.2) is 85.8 Å². The second-order valence-corrected chi connectivity index (χ2v) is 5.39. The maximum atomic E-state index is 9.78. The van der Waals surface area contributed by atoms with Crippen LogP contribution in [0.2, 0.25) is 0 Å². The average Bonchev–Trinajstić information content (AvgIpc) is 2.28. The molecule has 0 aromatic carbocycles. The van der Waals surface area contributed by atoms with Gasteiger partial charge in [-0.1, -0.05) is 13.3 Å². The Morgan fingerprint density at radius 1 is 1.12 bits per heavy atom. The van der Waals surface area contributed by atoms with E-state index in [1.165, 1.54) is 6.54 Å². The Morgan fingerprint density at radius 3 is 2.24 bits per heavy atom. The fraction of sp³-hybridized carbons (Fsp3) is 1.00. The highest BCUT2D eigenvalue weighted by atomic mass is 16.3. The number of β-amino-alcohol motifs (C(OH)–C–C–N with tert-alkyl or cyclic N) is 1. The molecule has 1 saturated heterocycles. The van der Waals surface area contributed by atoms with E-state index in [2.05, 4.69) is 35.7 Å². The average molecular weight is 243 g/mol. The second kappa shape index (κ2) is 8.03. The number of rotatable bonds is 7. The molecule has 0 aromatic rings. The summed E-state index contributed by atoms with van der Waals surface area (Å²) in [5.41, 5.74) is 0. The van der Waals surface area contributed by atoms with Gasteiger partial charge in [0.05, 0.1) is 6.10 Å². The van der Waals surface area contributed by atoms with Gasteiger partial charge < -0.3 is 10.0 Å². The van der Waals surface area contributed by atoms with E-state index in [1.54, 1.807) is 0 Å². The van der Waals surface area contributed by atoms with Crippen LogP contribution in [0, 0.1) is 0 Å². The van der Waals surface area contributed by atoms with Crippen LogP contribution in [0.5, 0.6) is 0 Å². The molecule has 0 amide bonds. The molecule has 1 unspecified atom stereocenters. The van der Waals surface area contributed by atoms with E-state index in [0.717, 1.165) is 52.1 Å². The summed E-state index contributed by atoms with van der Waals surface area (Å²) in [4.78, 5) is 7.15. The molecule has 1 aliphatic rings. The van der Waals surface area contributed by atoms with Gasteiger partial charge in [0, 0.05) is 45.8 Å². The third-order valence-electron chi connectivity index (χ3n) is 3.42. The molecule has 0 aliphatic carbocycles. The van der Waals surface area contributed by atoms with Crippen molar-refractivity contribution in [2.24, 2.45) is 0 Å². The van der Waals surface area contributed by atoms with Gasteiger partial charge in [-0.3, -0.25) is 9.80 Å². The summed E-state index contributed by atoms with van der Waals surface area (Å²) in [6, 6.07) is 0. The highest BCUT2D eigenvalue weighted by Gasteiger charge is 2.18. The molecular weight excluding hydrogens is 214 g/mol. The second-order valence-electron chi connectivity index (χ2n) is 5.39. The molecule has 4 nitrogen and oxygen atoms in total. The van der Waals surface area contributed by atoms with Crippen LogP contribution in [0.1, 0.15) is 19.8 Å². The minimum absolute atomic E-state index is 0.131. The standard InChI is InChI=1S/C13H29N3O/c1-4-5-13(17)12-16-10-8-15(9-11-16)7-6-14(2)3/h13,17H,4-12H2,1-3H3. The van der Waals surface area contributed by atoms with E-state index in [9.17, 15) is 5.11 Å². The smallest absolute Gasteiger partial charge is 0.0667 e. The summed E-state index contributed by atoms with van der Waals surface area (Å²) in [6.45, 7) is 9.79. The van der Waals surface area contributed by atoms with Crippen molar-refractivity contribution in [1.29, 1.82) is 0 Å². The molecule has 0 radical (unpaired) electrons. The lowest BCUT2D eigenvalue weighted by atomic mass is 10.2. The van der Waals surface area contributed by atoms with E-state index in [4.69, 9.17) is 0 Å². The van der Waals surface area contributed by atoms with E-state index in [1.807, 2.05) is 0 Å². The molecule has 1 aliphatic heterocycles. The summed E-state index contributed by atoms with van der Waals surface area (Å²) < 4.78 is 0. The zero-order chi connectivity index (χ0) is 12.7. The van der Waals surface area contributed by atoms with Gasteiger partial charge >= 0.3 is 0 Å². The zero-order valence-electron chi connectivity index (χ0n) is 11.7. The first-order chi connectivity index (χ1) is 8.11. The van der Waals surface area contributed by atoms with Gasteiger partial charge in [-0.15, -0.1) is 0 Å². The van der Waals surface area contributed by atoms with Gasteiger partial charge in [0.15, 0.2) is 0 Å². The highest BCUT2D eigenvalue weighted by Crippen LogP contribution is 2.05. The molecule has 0 spiro atoms. The molecule has 1 N–H and O–H groups in total. The fourth-order valence-corrected chi connectivity index (χ4v) is 2.26. The van der Waals surface area contributed by atoms with E-state index < -0.39 is 0 Å². The minimum atomic E-state index is -0.131. The number of nitrogens with zero attached hydrogens (tertiary/aromatic N) is 3. The van der Waals surface area contributed by atoms with Crippen LogP contribution < -0.4 is 0 Å². The lowest BCUT2D eigenvalue weighted by Crippen LogP contribution is -2.49. The first kappa shape index (κ1) is 14.9. The Kier molecular flexibility index (Phi) is 7.04. The molecule has 1 atom stereocenters. The topological polar surface area (TPSA) is 30.0 Å². The van der Waals surface area contributed by atoms with Crippen molar-refractivity contribution in [1.82, 2.24) is 14.7 Å². The van der Waals surface area contributed by atoms with Gasteiger partial charge in [-0.25, -0.2) is 0 Å². The Hall–Kier alpha value is -0.160. The molecule has 17 heavy (non-hydrogen) atoms. The van der Waals surface area contributed by atoms with Crippen LogP contribution in [0.3, 0.4) is 0 Å². The number of hydrogen-bond acceptors (Lipinski definition) is 4. The van der Waals surface area contributed by atoms with Crippen molar-refractivity contribution in [3.63, 3.8) is 0 Å². The third kappa shape index (κ3) is 6.36. The fourth-order valence-electron chi connectivity index (χ4n) is 2.26. The van der Waals surface area contributed by atoms with Gasteiger partial charge in [0.2, 0.25) is 0 Å². The molecule has 0 aromatic heterocycles. The first-order valence-electron chi connectivity index (χ1n) is 6.89.